The van der Waals surface area contributed by atoms with E-state index in [1.54, 1.807) is 6.07 Å². The smallest absolute Gasteiger partial charge is 0.211 e. The van der Waals surface area contributed by atoms with E-state index in [0.29, 0.717) is 11.3 Å². The second kappa shape index (κ2) is 4.93. The molecule has 86 valence electrons. The molecule has 0 radical (unpaired) electrons. The monoisotopic (exact) mass is 250 g/mol. The summed E-state index contributed by atoms with van der Waals surface area (Å²) in [6.07, 6.45) is 3.00. The zero-order valence-corrected chi connectivity index (χ0v) is 9.39. The maximum atomic E-state index is 12.9. The van der Waals surface area contributed by atoms with Crippen molar-refractivity contribution < 1.29 is 9.50 Å². The molecule has 1 N–H and O–H groups in total. The number of benzene rings is 1. The van der Waals surface area contributed by atoms with E-state index in [-0.39, 0.29) is 10.9 Å². The first kappa shape index (κ1) is 11.5. The topological polar surface area (TPSA) is 45.5 Å². The molecule has 2 rings (SSSR count). The Balaban J connectivity index is 2.23. The van der Waals surface area contributed by atoms with Gasteiger partial charge in [-0.3, -0.25) is 4.99 Å². The third-order valence-corrected chi connectivity index (χ3v) is 2.33. The van der Waals surface area contributed by atoms with Gasteiger partial charge in [0, 0.05) is 18.5 Å². The van der Waals surface area contributed by atoms with Crippen molar-refractivity contribution in [1.29, 1.82) is 0 Å². The number of halogens is 2. The van der Waals surface area contributed by atoms with Crippen molar-refractivity contribution in [2.75, 3.05) is 0 Å². The van der Waals surface area contributed by atoms with E-state index in [1.807, 2.05) is 0 Å². The Bertz CT molecular complexity index is 572. The highest BCUT2D eigenvalue weighted by atomic mass is 35.5. The first-order valence-corrected chi connectivity index (χ1v) is 5.17. The molecule has 3 nitrogen and oxygen atoms in total. The minimum absolute atomic E-state index is 0.0252. The lowest BCUT2D eigenvalue weighted by Crippen LogP contribution is -1.82. The van der Waals surface area contributed by atoms with Gasteiger partial charge in [0.15, 0.2) is 0 Å². The van der Waals surface area contributed by atoms with Gasteiger partial charge in [0.1, 0.15) is 5.82 Å². The molecule has 0 aliphatic rings. The van der Waals surface area contributed by atoms with E-state index in [0.717, 1.165) is 0 Å². The van der Waals surface area contributed by atoms with Gasteiger partial charge in [-0.25, -0.2) is 9.37 Å². The lowest BCUT2D eigenvalue weighted by atomic mass is 10.3. The molecule has 0 fully saturated rings. The van der Waals surface area contributed by atoms with Crippen LogP contribution in [0.3, 0.4) is 0 Å². The molecule has 0 aliphatic carbocycles. The van der Waals surface area contributed by atoms with Crippen LogP contribution in [0.2, 0.25) is 5.02 Å². The van der Waals surface area contributed by atoms with Crippen LogP contribution in [-0.2, 0) is 0 Å². The summed E-state index contributed by atoms with van der Waals surface area (Å²) in [4.78, 5) is 7.75. The molecule has 5 heteroatoms. The predicted molar refractivity (Wildman–Crippen MR) is 64.6 cm³/mol. The molecule has 0 spiro atoms. The minimum atomic E-state index is -0.479. The maximum absolute atomic E-state index is 12.9. The highest BCUT2D eigenvalue weighted by Crippen LogP contribution is 2.21. The summed E-state index contributed by atoms with van der Waals surface area (Å²) in [5, 5.41) is 9.17. The van der Waals surface area contributed by atoms with E-state index in [1.165, 1.54) is 36.7 Å². The number of aromatic hydroxyl groups is 1. The van der Waals surface area contributed by atoms with Crippen molar-refractivity contribution in [1.82, 2.24) is 4.98 Å². The number of pyridine rings is 1. The predicted octanol–water partition coefficient (Wildman–Crippen LogP) is 3.33. The molecule has 0 saturated carbocycles. The molecule has 2 aromatic rings. The number of aliphatic imine (C=N–C) groups is 1. The largest absolute Gasteiger partial charge is 0.493 e. The number of aromatic nitrogens is 1. The summed E-state index contributed by atoms with van der Waals surface area (Å²) in [6.45, 7) is 0. The fourth-order valence-electron chi connectivity index (χ4n) is 1.23. The molecular formula is C12H8ClFN2O. The Hall–Kier alpha value is -1.94. The average molecular weight is 251 g/mol. The van der Waals surface area contributed by atoms with Gasteiger partial charge < -0.3 is 5.11 Å². The lowest BCUT2D eigenvalue weighted by molar-refractivity contribution is 0.453. The SMILES string of the molecule is Oc1cc(/C=N/c2ccc(F)c(Cl)c2)ccn1. The Morgan fingerprint density at radius 3 is 2.82 bits per heavy atom. The van der Waals surface area contributed by atoms with Crippen LogP contribution in [0, 0.1) is 5.82 Å². The van der Waals surface area contributed by atoms with Gasteiger partial charge in [0.2, 0.25) is 5.88 Å². The third-order valence-electron chi connectivity index (χ3n) is 2.04. The third kappa shape index (κ3) is 3.01. The Labute approximate surface area is 102 Å². The Morgan fingerprint density at radius 2 is 2.12 bits per heavy atom. The summed E-state index contributed by atoms with van der Waals surface area (Å²) < 4.78 is 12.9. The number of hydrogen-bond acceptors (Lipinski definition) is 3. The highest BCUT2D eigenvalue weighted by Gasteiger charge is 1.99. The van der Waals surface area contributed by atoms with Crippen molar-refractivity contribution in [3.05, 3.63) is 52.9 Å². The van der Waals surface area contributed by atoms with Crippen LogP contribution in [0.1, 0.15) is 5.56 Å². The molecule has 17 heavy (non-hydrogen) atoms. The Kier molecular flexibility index (Phi) is 3.35. The number of nitrogens with zero attached hydrogens (tertiary/aromatic N) is 2. The molecule has 0 bridgehead atoms. The zero-order chi connectivity index (χ0) is 12.3. The quantitative estimate of drug-likeness (QED) is 0.831. The van der Waals surface area contributed by atoms with E-state index in [2.05, 4.69) is 9.98 Å². The van der Waals surface area contributed by atoms with Gasteiger partial charge in [0.25, 0.3) is 0 Å². The average Bonchev–Trinajstić information content (AvgIpc) is 2.31. The molecule has 0 saturated heterocycles. The first-order valence-electron chi connectivity index (χ1n) is 4.79. The van der Waals surface area contributed by atoms with Crippen LogP contribution in [0.25, 0.3) is 0 Å². The van der Waals surface area contributed by atoms with Crippen LogP contribution >= 0.6 is 11.6 Å². The van der Waals surface area contributed by atoms with Crippen molar-refractivity contribution in [3.8, 4) is 5.88 Å². The van der Waals surface area contributed by atoms with Gasteiger partial charge in [-0.05, 0) is 29.8 Å². The molecule has 0 unspecified atom stereocenters. The molecule has 1 heterocycles. The normalized spacial score (nSPS) is 10.9. The standard InChI is InChI=1S/C12H8ClFN2O/c13-10-6-9(1-2-11(10)14)16-7-8-3-4-15-12(17)5-8/h1-7H,(H,15,17)/b16-7+. The fraction of sp³-hybridized carbons (Fsp3) is 0. The van der Waals surface area contributed by atoms with Gasteiger partial charge in [0.05, 0.1) is 10.7 Å². The Morgan fingerprint density at radius 1 is 1.29 bits per heavy atom. The van der Waals surface area contributed by atoms with Crippen molar-refractivity contribution in [3.63, 3.8) is 0 Å². The molecule has 0 aliphatic heterocycles. The van der Waals surface area contributed by atoms with Crippen LogP contribution in [0.5, 0.6) is 5.88 Å². The second-order valence-electron chi connectivity index (χ2n) is 3.30. The van der Waals surface area contributed by atoms with Crippen LogP contribution in [-0.4, -0.2) is 16.3 Å². The summed E-state index contributed by atoms with van der Waals surface area (Å²) in [5.41, 5.74) is 1.23. The van der Waals surface area contributed by atoms with E-state index in [4.69, 9.17) is 16.7 Å². The molecule has 0 amide bonds. The summed E-state index contributed by atoms with van der Waals surface area (Å²) in [5.74, 6) is -0.557. The zero-order valence-electron chi connectivity index (χ0n) is 8.64. The fourth-order valence-corrected chi connectivity index (χ4v) is 1.40. The van der Waals surface area contributed by atoms with Crippen molar-refractivity contribution in [2.45, 2.75) is 0 Å². The first-order chi connectivity index (χ1) is 8.15. The summed E-state index contributed by atoms with van der Waals surface area (Å²) in [7, 11) is 0. The summed E-state index contributed by atoms with van der Waals surface area (Å²) >= 11 is 5.62. The molecule has 1 aromatic heterocycles. The molecule has 0 atom stereocenters. The van der Waals surface area contributed by atoms with Gasteiger partial charge in [-0.1, -0.05) is 11.6 Å². The highest BCUT2D eigenvalue weighted by molar-refractivity contribution is 6.31. The van der Waals surface area contributed by atoms with Crippen LogP contribution < -0.4 is 0 Å². The van der Waals surface area contributed by atoms with Crippen molar-refractivity contribution in [2.24, 2.45) is 4.99 Å². The number of hydrogen-bond donors (Lipinski definition) is 1. The van der Waals surface area contributed by atoms with Gasteiger partial charge in [-0.2, -0.15) is 0 Å². The van der Waals surface area contributed by atoms with Crippen LogP contribution in [0.4, 0.5) is 10.1 Å². The molecular weight excluding hydrogens is 243 g/mol. The van der Waals surface area contributed by atoms with E-state index >= 15 is 0 Å². The van der Waals surface area contributed by atoms with Crippen molar-refractivity contribution >= 4 is 23.5 Å². The van der Waals surface area contributed by atoms with E-state index in [9.17, 15) is 4.39 Å². The molecule has 1 aromatic carbocycles. The maximum Gasteiger partial charge on any atom is 0.211 e. The van der Waals surface area contributed by atoms with Crippen LogP contribution in [0.15, 0.2) is 41.5 Å². The van der Waals surface area contributed by atoms with Gasteiger partial charge in [-0.15, -0.1) is 0 Å². The lowest BCUT2D eigenvalue weighted by Gasteiger charge is -1.97. The number of rotatable bonds is 2. The summed E-state index contributed by atoms with van der Waals surface area (Å²) in [6, 6.07) is 7.34. The minimum Gasteiger partial charge on any atom is -0.493 e. The van der Waals surface area contributed by atoms with Gasteiger partial charge >= 0.3 is 0 Å². The second-order valence-corrected chi connectivity index (χ2v) is 3.71. The van der Waals surface area contributed by atoms with E-state index < -0.39 is 5.82 Å².